The molecule has 6 heteroatoms. The van der Waals surface area contributed by atoms with Gasteiger partial charge in [0.15, 0.2) is 0 Å². The highest BCUT2D eigenvalue weighted by atomic mass is 16.2. The molecule has 1 aromatic rings. The number of hydrogen-bond acceptors (Lipinski definition) is 3. The second-order valence-electron chi connectivity index (χ2n) is 6.69. The van der Waals surface area contributed by atoms with Gasteiger partial charge < -0.3 is 5.32 Å². The van der Waals surface area contributed by atoms with E-state index >= 15 is 0 Å². The van der Waals surface area contributed by atoms with Crippen molar-refractivity contribution in [3.63, 3.8) is 0 Å². The van der Waals surface area contributed by atoms with Crippen LogP contribution >= 0.6 is 0 Å². The van der Waals surface area contributed by atoms with Crippen molar-refractivity contribution >= 4 is 17.6 Å². The van der Waals surface area contributed by atoms with Crippen molar-refractivity contribution in [2.45, 2.75) is 46.0 Å². The molecular formula is C19H24N4O2. The monoisotopic (exact) mass is 340 g/mol. The fourth-order valence-corrected chi connectivity index (χ4v) is 3.35. The Morgan fingerprint density at radius 2 is 1.76 bits per heavy atom. The molecule has 0 radical (unpaired) electrons. The van der Waals surface area contributed by atoms with Gasteiger partial charge >= 0.3 is 6.03 Å². The molecule has 1 heterocycles. The maximum Gasteiger partial charge on any atom is 0.340 e. The predicted molar refractivity (Wildman–Crippen MR) is 94.5 cm³/mol. The van der Waals surface area contributed by atoms with Gasteiger partial charge in [-0.2, -0.15) is 5.26 Å². The van der Waals surface area contributed by atoms with Gasteiger partial charge in [0.1, 0.15) is 5.41 Å². The zero-order valence-electron chi connectivity index (χ0n) is 14.8. The Labute approximate surface area is 148 Å². The molecule has 0 unspecified atom stereocenters. The van der Waals surface area contributed by atoms with Gasteiger partial charge in [0.25, 0.3) is 5.91 Å². The van der Waals surface area contributed by atoms with E-state index in [9.17, 15) is 14.9 Å². The highest BCUT2D eigenvalue weighted by Crippen LogP contribution is 2.47. The van der Waals surface area contributed by atoms with Crippen LogP contribution in [-0.2, 0) is 17.6 Å². The van der Waals surface area contributed by atoms with Gasteiger partial charge in [0.2, 0.25) is 0 Å². The second kappa shape index (κ2) is 6.75. The average molecular weight is 340 g/mol. The lowest BCUT2D eigenvalue weighted by Crippen LogP contribution is -2.49. The summed E-state index contributed by atoms with van der Waals surface area (Å²) in [5, 5.41) is 15.2. The average Bonchev–Trinajstić information content (AvgIpc) is 3.29. The molecule has 2 fully saturated rings. The molecule has 0 aromatic heterocycles. The lowest BCUT2D eigenvalue weighted by molar-refractivity contribution is -0.143. The lowest BCUT2D eigenvalue weighted by atomic mass is 10.0. The summed E-state index contributed by atoms with van der Waals surface area (Å²) in [6.07, 6.45) is 3.56. The molecule has 1 aliphatic carbocycles. The molecule has 0 spiro atoms. The standard InChI is InChI=1S/C19H24N4O2/c1-3-14-7-5-8-15(4-2)16(14)21-18(25)23-12-6-11-22(23)17(24)19(13-20)9-10-19/h5,7-8H,3-4,6,9-12H2,1-2H3,(H,21,25). The molecule has 2 aliphatic rings. The zero-order chi connectivity index (χ0) is 18.0. The first-order valence-corrected chi connectivity index (χ1v) is 8.98. The first kappa shape index (κ1) is 17.3. The Balaban J connectivity index is 1.80. The van der Waals surface area contributed by atoms with Crippen molar-refractivity contribution in [3.8, 4) is 6.07 Å². The molecule has 0 atom stereocenters. The normalized spacial score (nSPS) is 18.0. The predicted octanol–water partition coefficient (Wildman–Crippen LogP) is 3.10. The van der Waals surface area contributed by atoms with Crippen molar-refractivity contribution in [1.29, 1.82) is 5.26 Å². The number of anilines is 1. The lowest BCUT2D eigenvalue weighted by Gasteiger charge is -2.30. The van der Waals surface area contributed by atoms with Crippen LogP contribution in [0.5, 0.6) is 0 Å². The third-order valence-electron chi connectivity index (χ3n) is 5.10. The summed E-state index contributed by atoms with van der Waals surface area (Å²) in [4.78, 5) is 25.5. The van der Waals surface area contributed by atoms with Crippen LogP contribution in [0.2, 0.25) is 0 Å². The molecule has 25 heavy (non-hydrogen) atoms. The molecule has 1 saturated heterocycles. The van der Waals surface area contributed by atoms with Crippen molar-refractivity contribution in [1.82, 2.24) is 10.0 Å². The number of para-hydroxylation sites is 1. The van der Waals surface area contributed by atoms with E-state index in [1.807, 2.05) is 18.2 Å². The summed E-state index contributed by atoms with van der Waals surface area (Å²) in [6, 6.07) is 7.85. The van der Waals surface area contributed by atoms with Crippen LogP contribution in [0.4, 0.5) is 10.5 Å². The fourth-order valence-electron chi connectivity index (χ4n) is 3.35. The number of nitriles is 1. The fraction of sp³-hybridized carbons (Fsp3) is 0.526. The Kier molecular flexibility index (Phi) is 4.67. The Morgan fingerprint density at radius 3 is 2.28 bits per heavy atom. The van der Waals surface area contributed by atoms with E-state index < -0.39 is 5.41 Å². The number of nitrogens with one attached hydrogen (secondary N) is 1. The van der Waals surface area contributed by atoms with Gasteiger partial charge in [-0.3, -0.25) is 4.79 Å². The highest BCUT2D eigenvalue weighted by Gasteiger charge is 2.54. The smallest absolute Gasteiger partial charge is 0.306 e. The van der Waals surface area contributed by atoms with Gasteiger partial charge in [-0.05, 0) is 43.2 Å². The SMILES string of the molecule is CCc1cccc(CC)c1NC(=O)N1CCCN1C(=O)C1(C#N)CC1. The van der Waals surface area contributed by atoms with Gasteiger partial charge in [-0.1, -0.05) is 32.0 Å². The minimum absolute atomic E-state index is 0.234. The van der Waals surface area contributed by atoms with E-state index in [0.29, 0.717) is 25.9 Å². The first-order chi connectivity index (χ1) is 12.1. The van der Waals surface area contributed by atoms with E-state index in [4.69, 9.17) is 0 Å². The molecule has 1 aromatic carbocycles. The number of amides is 3. The van der Waals surface area contributed by atoms with Crippen molar-refractivity contribution in [2.24, 2.45) is 5.41 Å². The van der Waals surface area contributed by atoms with Crippen LogP contribution in [0.25, 0.3) is 0 Å². The number of nitrogens with zero attached hydrogens (tertiary/aromatic N) is 3. The number of carbonyl (C=O) groups is 2. The number of rotatable bonds is 4. The van der Waals surface area contributed by atoms with Crippen LogP contribution in [0.1, 0.15) is 44.2 Å². The third kappa shape index (κ3) is 3.07. The molecular weight excluding hydrogens is 316 g/mol. The zero-order valence-corrected chi connectivity index (χ0v) is 14.8. The Bertz CT molecular complexity index is 711. The number of hydrazine groups is 1. The van der Waals surface area contributed by atoms with Crippen LogP contribution in [0.15, 0.2) is 18.2 Å². The van der Waals surface area contributed by atoms with Gasteiger partial charge in [-0.25, -0.2) is 14.8 Å². The van der Waals surface area contributed by atoms with E-state index in [-0.39, 0.29) is 11.9 Å². The number of carbonyl (C=O) groups excluding carboxylic acids is 2. The molecule has 1 aliphatic heterocycles. The molecule has 0 bridgehead atoms. The minimum Gasteiger partial charge on any atom is -0.306 e. The molecule has 3 amide bonds. The second-order valence-corrected chi connectivity index (χ2v) is 6.69. The topological polar surface area (TPSA) is 76.4 Å². The molecule has 1 N–H and O–H groups in total. The van der Waals surface area contributed by atoms with Crippen LogP contribution < -0.4 is 5.32 Å². The van der Waals surface area contributed by atoms with E-state index in [2.05, 4.69) is 25.2 Å². The quantitative estimate of drug-likeness (QED) is 0.915. The number of urea groups is 1. The van der Waals surface area contributed by atoms with Crippen LogP contribution in [-0.4, -0.2) is 35.0 Å². The minimum atomic E-state index is -0.904. The maximum absolute atomic E-state index is 12.8. The Morgan fingerprint density at radius 1 is 1.16 bits per heavy atom. The number of hydrogen-bond donors (Lipinski definition) is 1. The summed E-state index contributed by atoms with van der Waals surface area (Å²) in [6.45, 7) is 5.10. The van der Waals surface area contributed by atoms with Crippen molar-refractivity contribution in [3.05, 3.63) is 29.3 Å². The van der Waals surface area contributed by atoms with E-state index in [1.54, 1.807) is 0 Å². The molecule has 3 rings (SSSR count). The maximum atomic E-state index is 12.8. The van der Waals surface area contributed by atoms with Gasteiger partial charge in [0, 0.05) is 18.8 Å². The van der Waals surface area contributed by atoms with E-state index in [0.717, 1.165) is 36.1 Å². The molecule has 132 valence electrons. The summed E-state index contributed by atoms with van der Waals surface area (Å²) >= 11 is 0. The van der Waals surface area contributed by atoms with Gasteiger partial charge in [-0.15, -0.1) is 0 Å². The van der Waals surface area contributed by atoms with Gasteiger partial charge in [0.05, 0.1) is 6.07 Å². The highest BCUT2D eigenvalue weighted by molar-refractivity contribution is 5.95. The Hall–Kier alpha value is -2.55. The summed E-state index contributed by atoms with van der Waals surface area (Å²) in [7, 11) is 0. The largest absolute Gasteiger partial charge is 0.340 e. The van der Waals surface area contributed by atoms with Crippen LogP contribution in [0, 0.1) is 16.7 Å². The molecule has 1 saturated carbocycles. The summed E-state index contributed by atoms with van der Waals surface area (Å²) in [5.41, 5.74) is 2.11. The van der Waals surface area contributed by atoms with Crippen molar-refractivity contribution < 1.29 is 9.59 Å². The summed E-state index contributed by atoms with van der Waals surface area (Å²) < 4.78 is 0. The summed E-state index contributed by atoms with van der Waals surface area (Å²) in [5.74, 6) is -0.234. The first-order valence-electron chi connectivity index (χ1n) is 8.98. The van der Waals surface area contributed by atoms with E-state index in [1.165, 1.54) is 10.0 Å². The van der Waals surface area contributed by atoms with Crippen LogP contribution in [0.3, 0.4) is 0 Å². The number of aryl methyl sites for hydroxylation is 2. The van der Waals surface area contributed by atoms with Crippen molar-refractivity contribution in [2.75, 3.05) is 18.4 Å². The molecule has 6 nitrogen and oxygen atoms in total. The third-order valence-corrected chi connectivity index (χ3v) is 5.10. The number of benzene rings is 1.